The van der Waals surface area contributed by atoms with E-state index < -0.39 is 36.7 Å². The number of hydrogen-bond donors (Lipinski definition) is 1. The first kappa shape index (κ1) is 18.9. The summed E-state index contributed by atoms with van der Waals surface area (Å²) in [7, 11) is 1.48. The standard InChI is InChI=1S/C20H21F2N3O2/c1-13-6-7-14-4-3-5-16(17(14)8-13)19(27)24-11-18(26)25-12-20(21,22)9-15(25)10-23-2/h3-8,10,15H,9,11-12H2,1-2H3,(H,24,27)/b23-10+/t15-/m1/s1. The fourth-order valence-electron chi connectivity index (χ4n) is 3.36. The molecule has 2 aromatic carbocycles. The monoisotopic (exact) mass is 373 g/mol. The van der Waals surface area contributed by atoms with Gasteiger partial charge in [-0.15, -0.1) is 0 Å². The molecule has 1 heterocycles. The molecule has 0 aromatic heterocycles. The lowest BCUT2D eigenvalue weighted by atomic mass is 10.0. The number of aliphatic imine (C=N–C) groups is 1. The lowest BCUT2D eigenvalue weighted by Crippen LogP contribution is -2.43. The van der Waals surface area contributed by atoms with Gasteiger partial charge in [-0.3, -0.25) is 14.6 Å². The number of rotatable bonds is 4. The molecule has 0 unspecified atom stereocenters. The van der Waals surface area contributed by atoms with Gasteiger partial charge in [0.1, 0.15) is 0 Å². The Morgan fingerprint density at radius 1 is 1.33 bits per heavy atom. The third-order valence-electron chi connectivity index (χ3n) is 4.63. The van der Waals surface area contributed by atoms with Gasteiger partial charge in [0, 0.05) is 25.2 Å². The van der Waals surface area contributed by atoms with Crippen molar-refractivity contribution in [1.82, 2.24) is 10.2 Å². The second-order valence-corrected chi connectivity index (χ2v) is 6.77. The van der Waals surface area contributed by atoms with E-state index in [0.717, 1.165) is 21.2 Å². The van der Waals surface area contributed by atoms with Gasteiger partial charge >= 0.3 is 0 Å². The minimum atomic E-state index is -2.95. The Kier molecular flexibility index (Phi) is 5.21. The van der Waals surface area contributed by atoms with Crippen LogP contribution in [0.1, 0.15) is 22.3 Å². The average molecular weight is 373 g/mol. The van der Waals surface area contributed by atoms with Gasteiger partial charge in [0.25, 0.3) is 11.8 Å². The van der Waals surface area contributed by atoms with Crippen LogP contribution in [0, 0.1) is 6.92 Å². The van der Waals surface area contributed by atoms with E-state index in [9.17, 15) is 18.4 Å². The topological polar surface area (TPSA) is 61.8 Å². The highest BCUT2D eigenvalue weighted by atomic mass is 19.3. The van der Waals surface area contributed by atoms with Crippen molar-refractivity contribution in [2.45, 2.75) is 25.3 Å². The summed E-state index contributed by atoms with van der Waals surface area (Å²) >= 11 is 0. The van der Waals surface area contributed by atoms with Crippen molar-refractivity contribution < 1.29 is 18.4 Å². The van der Waals surface area contributed by atoms with E-state index in [2.05, 4.69) is 10.3 Å². The van der Waals surface area contributed by atoms with Crippen LogP contribution in [-0.4, -0.2) is 55.0 Å². The Bertz CT molecular complexity index is 911. The molecule has 1 aliphatic heterocycles. The molecular weight excluding hydrogens is 352 g/mol. The van der Waals surface area contributed by atoms with Crippen LogP contribution in [0.15, 0.2) is 41.4 Å². The number of likely N-dealkylation sites (tertiary alicyclic amines) is 1. The number of halogens is 2. The van der Waals surface area contributed by atoms with Crippen molar-refractivity contribution in [3.05, 3.63) is 47.5 Å². The van der Waals surface area contributed by atoms with Gasteiger partial charge in [-0.05, 0) is 23.8 Å². The van der Waals surface area contributed by atoms with Crippen molar-refractivity contribution >= 4 is 28.8 Å². The molecular formula is C20H21F2N3O2. The van der Waals surface area contributed by atoms with Crippen LogP contribution in [0.4, 0.5) is 8.78 Å². The summed E-state index contributed by atoms with van der Waals surface area (Å²) in [4.78, 5) is 29.8. The SMILES string of the molecule is C/N=C/[C@H]1CC(F)(F)CN1C(=O)CNC(=O)c1cccc2ccc(C)cc12. The lowest BCUT2D eigenvalue weighted by Gasteiger charge is -2.21. The zero-order valence-corrected chi connectivity index (χ0v) is 15.2. The van der Waals surface area contributed by atoms with E-state index in [1.165, 1.54) is 13.3 Å². The third-order valence-corrected chi connectivity index (χ3v) is 4.63. The Morgan fingerprint density at radius 2 is 2.11 bits per heavy atom. The number of alkyl halides is 2. The van der Waals surface area contributed by atoms with Crippen molar-refractivity contribution in [3.8, 4) is 0 Å². The van der Waals surface area contributed by atoms with Crippen LogP contribution >= 0.6 is 0 Å². The summed E-state index contributed by atoms with van der Waals surface area (Å²) in [5.74, 6) is -3.91. The summed E-state index contributed by atoms with van der Waals surface area (Å²) in [6.45, 7) is 0.928. The smallest absolute Gasteiger partial charge is 0.267 e. The second-order valence-electron chi connectivity index (χ2n) is 6.77. The zero-order chi connectivity index (χ0) is 19.6. The molecule has 27 heavy (non-hydrogen) atoms. The molecule has 7 heteroatoms. The zero-order valence-electron chi connectivity index (χ0n) is 15.2. The molecule has 1 fully saturated rings. The maximum Gasteiger partial charge on any atom is 0.267 e. The van der Waals surface area contributed by atoms with E-state index in [1.807, 2.05) is 31.2 Å². The fourth-order valence-corrected chi connectivity index (χ4v) is 3.36. The van der Waals surface area contributed by atoms with Gasteiger partial charge in [0.15, 0.2) is 0 Å². The van der Waals surface area contributed by atoms with Gasteiger partial charge in [0.05, 0.1) is 19.1 Å². The van der Waals surface area contributed by atoms with Gasteiger partial charge in [-0.2, -0.15) is 0 Å². The summed E-state index contributed by atoms with van der Waals surface area (Å²) in [5, 5.41) is 4.26. The largest absolute Gasteiger partial charge is 0.343 e. The van der Waals surface area contributed by atoms with Crippen LogP contribution in [-0.2, 0) is 4.79 Å². The molecule has 0 bridgehead atoms. The fraction of sp³-hybridized carbons (Fsp3) is 0.350. The molecule has 1 atom stereocenters. The number of carbonyl (C=O) groups is 2. The molecule has 1 aliphatic rings. The molecule has 0 aliphatic carbocycles. The summed E-state index contributed by atoms with van der Waals surface area (Å²) in [5.41, 5.74) is 1.46. The highest BCUT2D eigenvalue weighted by Crippen LogP contribution is 2.31. The average Bonchev–Trinajstić information content (AvgIpc) is 2.93. The molecule has 1 saturated heterocycles. The van der Waals surface area contributed by atoms with Crippen LogP contribution in [0.25, 0.3) is 10.8 Å². The van der Waals surface area contributed by atoms with E-state index in [-0.39, 0.29) is 6.54 Å². The van der Waals surface area contributed by atoms with E-state index >= 15 is 0 Å². The maximum atomic E-state index is 13.7. The molecule has 5 nitrogen and oxygen atoms in total. The summed E-state index contributed by atoms with van der Waals surface area (Å²) in [6, 6.07) is 10.4. The maximum absolute atomic E-state index is 13.7. The number of nitrogens with zero attached hydrogens (tertiary/aromatic N) is 2. The Morgan fingerprint density at radius 3 is 2.85 bits per heavy atom. The quantitative estimate of drug-likeness (QED) is 0.838. The first-order valence-corrected chi connectivity index (χ1v) is 8.68. The number of fused-ring (bicyclic) bond motifs is 1. The molecule has 2 aromatic rings. The van der Waals surface area contributed by atoms with Crippen LogP contribution in [0.2, 0.25) is 0 Å². The van der Waals surface area contributed by atoms with Gasteiger partial charge in [-0.25, -0.2) is 8.78 Å². The second kappa shape index (κ2) is 7.42. The van der Waals surface area contributed by atoms with Gasteiger partial charge in [0.2, 0.25) is 5.91 Å². The highest BCUT2D eigenvalue weighted by molar-refractivity contribution is 6.08. The number of benzene rings is 2. The minimum Gasteiger partial charge on any atom is -0.343 e. The van der Waals surface area contributed by atoms with Gasteiger partial charge in [-0.1, -0.05) is 35.9 Å². The molecule has 3 rings (SSSR count). The van der Waals surface area contributed by atoms with Crippen molar-refractivity contribution in [2.24, 2.45) is 4.99 Å². The predicted octanol–water partition coefficient (Wildman–Crippen LogP) is 2.81. The molecule has 0 radical (unpaired) electrons. The Hall–Kier alpha value is -2.83. The van der Waals surface area contributed by atoms with E-state index in [1.54, 1.807) is 12.1 Å². The molecule has 1 N–H and O–H groups in total. The molecule has 0 spiro atoms. The number of carbonyl (C=O) groups excluding carboxylic acids is 2. The summed E-state index contributed by atoms with van der Waals surface area (Å²) < 4.78 is 27.3. The Balaban J connectivity index is 1.72. The highest BCUT2D eigenvalue weighted by Gasteiger charge is 2.46. The third kappa shape index (κ3) is 4.13. The molecule has 2 amide bonds. The first-order chi connectivity index (χ1) is 12.8. The number of nitrogens with one attached hydrogen (secondary N) is 1. The number of amides is 2. The van der Waals surface area contributed by atoms with E-state index in [0.29, 0.717) is 5.56 Å². The van der Waals surface area contributed by atoms with Crippen LogP contribution in [0.5, 0.6) is 0 Å². The van der Waals surface area contributed by atoms with Crippen molar-refractivity contribution in [1.29, 1.82) is 0 Å². The minimum absolute atomic E-state index is 0.342. The van der Waals surface area contributed by atoms with Crippen molar-refractivity contribution in [2.75, 3.05) is 20.1 Å². The van der Waals surface area contributed by atoms with Crippen LogP contribution < -0.4 is 5.32 Å². The van der Waals surface area contributed by atoms with Crippen LogP contribution in [0.3, 0.4) is 0 Å². The Labute approximate surface area is 156 Å². The van der Waals surface area contributed by atoms with Gasteiger partial charge < -0.3 is 10.2 Å². The number of hydrogen-bond acceptors (Lipinski definition) is 3. The summed E-state index contributed by atoms with van der Waals surface area (Å²) in [6.07, 6.45) is 0.890. The lowest BCUT2D eigenvalue weighted by molar-refractivity contribution is -0.131. The number of aryl methyl sites for hydroxylation is 1. The van der Waals surface area contributed by atoms with Crippen molar-refractivity contribution in [3.63, 3.8) is 0 Å². The molecule has 142 valence electrons. The molecule has 0 saturated carbocycles. The first-order valence-electron chi connectivity index (χ1n) is 8.68. The normalized spacial score (nSPS) is 19.0. The van der Waals surface area contributed by atoms with E-state index in [4.69, 9.17) is 0 Å². The predicted molar refractivity (Wildman–Crippen MR) is 100 cm³/mol.